The predicted molar refractivity (Wildman–Crippen MR) is 45.5 cm³/mol. The summed E-state index contributed by atoms with van der Waals surface area (Å²) in [5.74, 6) is -1.44. The molecule has 13 heavy (non-hydrogen) atoms. The number of aromatic hydroxyl groups is 2. The number of phenols is 2. The molecule has 1 aromatic carbocycles. The van der Waals surface area contributed by atoms with Crippen molar-refractivity contribution in [3.05, 3.63) is 17.7 Å². The van der Waals surface area contributed by atoms with Crippen molar-refractivity contribution >= 4 is 11.7 Å². The van der Waals surface area contributed by atoms with E-state index < -0.39 is 11.7 Å². The molecule has 1 aromatic rings. The zero-order chi connectivity index (χ0) is 10.0. The first-order chi connectivity index (χ1) is 6.07. The largest absolute Gasteiger partial charge is 0.506 e. The summed E-state index contributed by atoms with van der Waals surface area (Å²) in [6.07, 6.45) is 0. The van der Waals surface area contributed by atoms with Crippen molar-refractivity contribution in [3.63, 3.8) is 0 Å². The van der Waals surface area contributed by atoms with Gasteiger partial charge in [0, 0.05) is 0 Å². The molecule has 0 heterocycles. The van der Waals surface area contributed by atoms with Gasteiger partial charge in [-0.25, -0.2) is 4.79 Å². The summed E-state index contributed by atoms with van der Waals surface area (Å²) >= 11 is 0. The van der Waals surface area contributed by atoms with E-state index in [4.69, 9.17) is 10.8 Å². The molecule has 0 aliphatic carbocycles. The van der Waals surface area contributed by atoms with Crippen LogP contribution in [0.2, 0.25) is 0 Å². The van der Waals surface area contributed by atoms with Crippen molar-refractivity contribution in [3.8, 4) is 11.5 Å². The maximum absolute atomic E-state index is 11.0. The van der Waals surface area contributed by atoms with Gasteiger partial charge in [0.15, 0.2) is 5.75 Å². The minimum Gasteiger partial charge on any atom is -0.506 e. The Balaban J connectivity index is 3.26. The molecule has 0 aromatic heterocycles. The number of esters is 1. The number of nitrogen functional groups attached to an aromatic ring is 1. The van der Waals surface area contributed by atoms with E-state index in [1.807, 2.05) is 0 Å². The number of methoxy groups -OCH3 is 1. The third kappa shape index (κ3) is 1.48. The van der Waals surface area contributed by atoms with Crippen LogP contribution in [0.25, 0.3) is 0 Å². The van der Waals surface area contributed by atoms with Crippen molar-refractivity contribution in [2.75, 3.05) is 12.8 Å². The number of hydrogen-bond acceptors (Lipinski definition) is 5. The lowest BCUT2D eigenvalue weighted by molar-refractivity contribution is 0.0597. The van der Waals surface area contributed by atoms with Crippen LogP contribution in [0.3, 0.4) is 0 Å². The molecular weight excluding hydrogens is 174 g/mol. The number of ether oxygens (including phenoxy) is 1. The van der Waals surface area contributed by atoms with Crippen molar-refractivity contribution in [2.45, 2.75) is 0 Å². The molecule has 0 atom stereocenters. The van der Waals surface area contributed by atoms with Crippen molar-refractivity contribution in [1.82, 2.24) is 0 Å². The highest BCUT2D eigenvalue weighted by Gasteiger charge is 2.15. The molecular formula is C8H9NO4. The average Bonchev–Trinajstić information content (AvgIpc) is 2.13. The summed E-state index contributed by atoms with van der Waals surface area (Å²) in [6, 6.07) is 2.44. The summed E-state index contributed by atoms with van der Waals surface area (Å²) in [4.78, 5) is 11.0. The second-order valence-electron chi connectivity index (χ2n) is 2.39. The van der Waals surface area contributed by atoms with E-state index in [9.17, 15) is 9.90 Å². The van der Waals surface area contributed by atoms with Crippen molar-refractivity contribution < 1.29 is 19.7 Å². The number of nitrogens with two attached hydrogens (primary N) is 1. The molecule has 1 rings (SSSR count). The second kappa shape index (κ2) is 3.22. The lowest BCUT2D eigenvalue weighted by atomic mass is 10.1. The molecule has 4 N–H and O–H groups in total. The molecule has 0 radical (unpaired) electrons. The molecule has 5 heteroatoms. The van der Waals surface area contributed by atoms with E-state index in [1.54, 1.807) is 0 Å². The number of anilines is 1. The third-order valence-electron chi connectivity index (χ3n) is 1.60. The fourth-order valence-corrected chi connectivity index (χ4v) is 0.872. The van der Waals surface area contributed by atoms with Gasteiger partial charge in [0.2, 0.25) is 0 Å². The minimum atomic E-state index is -0.704. The summed E-state index contributed by atoms with van der Waals surface area (Å²) in [5, 5.41) is 18.3. The molecule has 0 aliphatic heterocycles. The summed E-state index contributed by atoms with van der Waals surface area (Å²) < 4.78 is 4.38. The van der Waals surface area contributed by atoms with Gasteiger partial charge < -0.3 is 20.7 Å². The van der Waals surface area contributed by atoms with Gasteiger partial charge in [-0.1, -0.05) is 0 Å². The minimum absolute atomic E-state index is 0.0715. The normalized spacial score (nSPS) is 9.62. The van der Waals surface area contributed by atoms with Crippen LogP contribution in [0.4, 0.5) is 5.69 Å². The molecule has 5 nitrogen and oxygen atoms in total. The standard InChI is InChI=1S/C8H9NO4/c1-13-8(12)4-2-3-5(10)6(9)7(4)11/h2-3,10-11H,9H2,1H3. The Hall–Kier alpha value is -1.91. The first kappa shape index (κ1) is 9.18. The Morgan fingerprint density at radius 3 is 2.62 bits per heavy atom. The van der Waals surface area contributed by atoms with Crippen LogP contribution in [-0.4, -0.2) is 23.3 Å². The van der Waals surface area contributed by atoms with Crippen LogP contribution in [0, 0.1) is 0 Å². The van der Waals surface area contributed by atoms with Gasteiger partial charge in [-0.15, -0.1) is 0 Å². The van der Waals surface area contributed by atoms with Crippen molar-refractivity contribution in [1.29, 1.82) is 0 Å². The van der Waals surface area contributed by atoms with Gasteiger partial charge in [0.25, 0.3) is 0 Å². The van der Waals surface area contributed by atoms with Gasteiger partial charge in [-0.2, -0.15) is 0 Å². The Labute approximate surface area is 74.4 Å². The number of phenolic OH excluding ortho intramolecular Hbond substituents is 2. The Kier molecular flexibility index (Phi) is 2.27. The zero-order valence-electron chi connectivity index (χ0n) is 6.94. The van der Waals surface area contributed by atoms with Gasteiger partial charge in [0.1, 0.15) is 17.0 Å². The maximum Gasteiger partial charge on any atom is 0.341 e. The van der Waals surface area contributed by atoms with Gasteiger partial charge >= 0.3 is 5.97 Å². The molecule has 0 aliphatic rings. The highest BCUT2D eigenvalue weighted by atomic mass is 16.5. The van der Waals surface area contributed by atoms with Crippen LogP contribution in [0.5, 0.6) is 11.5 Å². The van der Waals surface area contributed by atoms with E-state index in [1.165, 1.54) is 19.2 Å². The third-order valence-corrected chi connectivity index (χ3v) is 1.60. The molecule has 0 amide bonds. The number of carbonyl (C=O) groups excluding carboxylic acids is 1. The molecule has 0 unspecified atom stereocenters. The number of benzene rings is 1. The van der Waals surface area contributed by atoms with Crippen LogP contribution in [0.15, 0.2) is 12.1 Å². The molecule has 70 valence electrons. The topological polar surface area (TPSA) is 92.8 Å². The van der Waals surface area contributed by atoms with Crippen LogP contribution < -0.4 is 5.73 Å². The fourth-order valence-electron chi connectivity index (χ4n) is 0.872. The number of hydrogen-bond donors (Lipinski definition) is 3. The summed E-state index contributed by atoms with van der Waals surface area (Å²) in [6.45, 7) is 0. The molecule has 0 spiro atoms. The van der Waals surface area contributed by atoms with Crippen LogP contribution in [-0.2, 0) is 4.74 Å². The highest BCUT2D eigenvalue weighted by molar-refractivity contribution is 5.95. The number of carbonyl (C=O) groups is 1. The van der Waals surface area contributed by atoms with Crippen molar-refractivity contribution in [2.24, 2.45) is 0 Å². The average molecular weight is 183 g/mol. The molecule has 0 fully saturated rings. The van der Waals surface area contributed by atoms with Gasteiger partial charge in [-0.3, -0.25) is 0 Å². The maximum atomic E-state index is 11.0. The van der Waals surface area contributed by atoms with E-state index in [2.05, 4.69) is 4.74 Å². The van der Waals surface area contributed by atoms with Crippen LogP contribution >= 0.6 is 0 Å². The van der Waals surface area contributed by atoms with Gasteiger partial charge in [0.05, 0.1) is 7.11 Å². The lowest BCUT2D eigenvalue weighted by Crippen LogP contribution is -2.02. The fraction of sp³-hybridized carbons (Fsp3) is 0.125. The van der Waals surface area contributed by atoms with Gasteiger partial charge in [-0.05, 0) is 12.1 Å². The molecule has 0 bridgehead atoms. The summed E-state index contributed by atoms with van der Waals surface area (Å²) in [7, 11) is 1.19. The predicted octanol–water partition coefficient (Wildman–Crippen LogP) is 0.467. The zero-order valence-corrected chi connectivity index (χ0v) is 6.94. The second-order valence-corrected chi connectivity index (χ2v) is 2.39. The quantitative estimate of drug-likeness (QED) is 0.334. The Bertz CT molecular complexity index is 348. The van der Waals surface area contributed by atoms with E-state index in [-0.39, 0.29) is 17.0 Å². The highest BCUT2D eigenvalue weighted by Crippen LogP contribution is 2.33. The lowest BCUT2D eigenvalue weighted by Gasteiger charge is -2.05. The van der Waals surface area contributed by atoms with Crippen LogP contribution in [0.1, 0.15) is 10.4 Å². The van der Waals surface area contributed by atoms with E-state index in [0.29, 0.717) is 0 Å². The first-order valence-electron chi connectivity index (χ1n) is 3.46. The van der Waals surface area contributed by atoms with E-state index in [0.717, 1.165) is 0 Å². The van der Waals surface area contributed by atoms with E-state index >= 15 is 0 Å². The molecule has 0 saturated carbocycles. The SMILES string of the molecule is COC(=O)c1ccc(O)c(N)c1O. The molecule has 0 saturated heterocycles. The monoisotopic (exact) mass is 183 g/mol. The first-order valence-corrected chi connectivity index (χ1v) is 3.46. The Morgan fingerprint density at radius 2 is 2.08 bits per heavy atom. The smallest absolute Gasteiger partial charge is 0.341 e. The summed E-state index contributed by atoms with van der Waals surface area (Å²) in [5.41, 5.74) is 4.96. The Morgan fingerprint density at radius 1 is 1.46 bits per heavy atom. The number of rotatable bonds is 1.